The average molecular weight is 428 g/mol. The zero-order chi connectivity index (χ0) is 22.1. The van der Waals surface area contributed by atoms with Crippen LogP contribution >= 0.6 is 0 Å². The van der Waals surface area contributed by atoms with Crippen LogP contribution in [0.1, 0.15) is 29.5 Å². The van der Waals surface area contributed by atoms with Crippen LogP contribution in [0.25, 0.3) is 33.9 Å². The molecule has 1 N–H and O–H groups in total. The minimum absolute atomic E-state index is 0.237. The molecule has 0 spiro atoms. The number of hydrogen-bond acceptors (Lipinski definition) is 7. The Morgan fingerprint density at radius 2 is 2.00 bits per heavy atom. The number of aryl methyl sites for hydroxylation is 2. The normalized spacial score (nSPS) is 11.2. The van der Waals surface area contributed by atoms with Crippen LogP contribution in [0.4, 0.5) is 5.69 Å². The van der Waals surface area contributed by atoms with Crippen LogP contribution in [-0.2, 0) is 6.54 Å². The summed E-state index contributed by atoms with van der Waals surface area (Å²) in [5.74, 6) is 0.712. The summed E-state index contributed by atoms with van der Waals surface area (Å²) < 4.78 is 12.5. The van der Waals surface area contributed by atoms with Gasteiger partial charge in [-0.25, -0.2) is 4.68 Å². The molecule has 3 aromatic heterocycles. The highest BCUT2D eigenvalue weighted by Gasteiger charge is 2.15. The summed E-state index contributed by atoms with van der Waals surface area (Å²) in [7, 11) is 0. The van der Waals surface area contributed by atoms with Crippen LogP contribution in [0.2, 0.25) is 0 Å². The third-order valence-electron chi connectivity index (χ3n) is 5.11. The molecule has 0 atom stereocenters. The number of anilines is 1. The van der Waals surface area contributed by atoms with Crippen molar-refractivity contribution in [2.45, 2.75) is 26.8 Å². The van der Waals surface area contributed by atoms with E-state index in [0.717, 1.165) is 35.1 Å². The van der Waals surface area contributed by atoms with Gasteiger partial charge in [-0.05, 0) is 61.4 Å². The van der Waals surface area contributed by atoms with Gasteiger partial charge in [0.1, 0.15) is 5.52 Å². The monoisotopic (exact) mass is 428 g/mol. The second-order valence-corrected chi connectivity index (χ2v) is 7.40. The lowest BCUT2D eigenvalue weighted by molar-refractivity contribution is 0.0996. The number of carbonyl (C=O) groups is 1. The molecule has 0 aliphatic heterocycles. The van der Waals surface area contributed by atoms with Crippen molar-refractivity contribution < 1.29 is 13.7 Å². The molecule has 0 saturated heterocycles. The van der Waals surface area contributed by atoms with Gasteiger partial charge in [-0.15, -0.1) is 5.10 Å². The Labute approximate surface area is 183 Å². The number of amides is 1. The van der Waals surface area contributed by atoms with E-state index in [1.54, 1.807) is 18.2 Å². The molecule has 0 aliphatic carbocycles. The van der Waals surface area contributed by atoms with E-state index in [1.807, 2.05) is 41.9 Å². The Morgan fingerprint density at radius 1 is 1.12 bits per heavy atom. The zero-order valence-corrected chi connectivity index (χ0v) is 17.6. The van der Waals surface area contributed by atoms with Crippen molar-refractivity contribution in [3.05, 3.63) is 66.1 Å². The van der Waals surface area contributed by atoms with Crippen molar-refractivity contribution in [2.24, 2.45) is 0 Å². The lowest BCUT2D eigenvalue weighted by Gasteiger charge is -2.08. The van der Waals surface area contributed by atoms with Crippen LogP contribution in [0, 0.1) is 6.92 Å². The van der Waals surface area contributed by atoms with Gasteiger partial charge in [0.05, 0.1) is 11.8 Å². The highest BCUT2D eigenvalue weighted by Crippen LogP contribution is 2.28. The van der Waals surface area contributed by atoms with Crippen molar-refractivity contribution >= 4 is 22.6 Å². The lowest BCUT2D eigenvalue weighted by Crippen LogP contribution is -2.11. The molecule has 3 heterocycles. The Balaban J connectivity index is 1.42. The van der Waals surface area contributed by atoms with Gasteiger partial charge >= 0.3 is 0 Å². The number of fused-ring (bicyclic) bond motifs is 1. The zero-order valence-electron chi connectivity index (χ0n) is 17.6. The number of carbonyl (C=O) groups excluding carboxylic acids is 1. The van der Waals surface area contributed by atoms with Crippen molar-refractivity contribution in [1.82, 2.24) is 25.1 Å². The number of nitrogens with zero attached hydrogens (tertiary/aromatic N) is 5. The maximum atomic E-state index is 12.3. The van der Waals surface area contributed by atoms with Gasteiger partial charge in [0.2, 0.25) is 5.82 Å². The number of hydrogen-bond donors (Lipinski definition) is 1. The molecule has 2 aromatic carbocycles. The summed E-state index contributed by atoms with van der Waals surface area (Å²) in [6, 6.07) is 14.6. The average Bonchev–Trinajstić information content (AvgIpc) is 3.56. The van der Waals surface area contributed by atoms with Gasteiger partial charge in [-0.1, -0.05) is 23.4 Å². The highest BCUT2D eigenvalue weighted by atomic mass is 16.5. The number of aromatic nitrogens is 5. The van der Waals surface area contributed by atoms with E-state index < -0.39 is 0 Å². The fourth-order valence-corrected chi connectivity index (χ4v) is 3.43. The van der Waals surface area contributed by atoms with Crippen molar-refractivity contribution in [3.63, 3.8) is 0 Å². The molecule has 0 aliphatic rings. The molecule has 9 nitrogen and oxygen atoms in total. The summed E-state index contributed by atoms with van der Waals surface area (Å²) in [6.45, 7) is 4.82. The van der Waals surface area contributed by atoms with Gasteiger partial charge in [0, 0.05) is 23.4 Å². The predicted molar refractivity (Wildman–Crippen MR) is 118 cm³/mol. The molecule has 0 radical (unpaired) electrons. The number of benzene rings is 2. The smallest absolute Gasteiger partial charge is 0.291 e. The van der Waals surface area contributed by atoms with Crippen molar-refractivity contribution in [1.29, 1.82) is 0 Å². The third-order valence-corrected chi connectivity index (χ3v) is 5.11. The Morgan fingerprint density at radius 3 is 2.81 bits per heavy atom. The molecule has 0 bridgehead atoms. The van der Waals surface area contributed by atoms with Crippen LogP contribution in [0.3, 0.4) is 0 Å². The largest absolute Gasteiger partial charge is 0.459 e. The maximum Gasteiger partial charge on any atom is 0.291 e. The second-order valence-electron chi connectivity index (χ2n) is 7.40. The summed E-state index contributed by atoms with van der Waals surface area (Å²) in [4.78, 5) is 16.9. The molecule has 1 amide bonds. The molecule has 0 unspecified atom stereocenters. The standard InChI is InChI=1S/C23H20N6O3/c1-3-10-29-19-9-8-15(12-18(19)26-28-29)21-25-23(32-27-21)16-7-6-14(2)17(13-16)24-22(30)20-5-4-11-31-20/h4-9,11-13H,3,10H2,1-2H3,(H,24,30). The Hall–Kier alpha value is -4.27. The lowest BCUT2D eigenvalue weighted by atomic mass is 10.1. The molecule has 5 aromatic rings. The summed E-state index contributed by atoms with van der Waals surface area (Å²) in [5, 5.41) is 15.4. The quantitative estimate of drug-likeness (QED) is 0.417. The topological polar surface area (TPSA) is 112 Å². The van der Waals surface area contributed by atoms with E-state index in [0.29, 0.717) is 23.0 Å². The third kappa shape index (κ3) is 3.64. The highest BCUT2D eigenvalue weighted by molar-refractivity contribution is 6.02. The molecule has 5 rings (SSSR count). The van der Waals surface area contributed by atoms with Gasteiger partial charge in [0.15, 0.2) is 5.76 Å². The van der Waals surface area contributed by atoms with E-state index >= 15 is 0 Å². The molecule has 0 fully saturated rings. The molecular formula is C23H20N6O3. The van der Waals surface area contributed by atoms with Gasteiger partial charge in [-0.2, -0.15) is 4.98 Å². The van der Waals surface area contributed by atoms with Gasteiger partial charge in [-0.3, -0.25) is 4.79 Å². The maximum absolute atomic E-state index is 12.3. The van der Waals surface area contributed by atoms with Crippen LogP contribution in [0.15, 0.2) is 63.7 Å². The van der Waals surface area contributed by atoms with Crippen molar-refractivity contribution in [2.75, 3.05) is 5.32 Å². The summed E-state index contributed by atoms with van der Waals surface area (Å²) >= 11 is 0. The minimum atomic E-state index is -0.328. The van der Waals surface area contributed by atoms with Crippen LogP contribution in [-0.4, -0.2) is 31.0 Å². The van der Waals surface area contributed by atoms with Crippen LogP contribution < -0.4 is 5.32 Å². The molecule has 160 valence electrons. The number of rotatable bonds is 6. The predicted octanol–water partition coefficient (Wildman–Crippen LogP) is 4.71. The molecule has 9 heteroatoms. The first kappa shape index (κ1) is 19.7. The fourth-order valence-electron chi connectivity index (χ4n) is 3.43. The molecule has 32 heavy (non-hydrogen) atoms. The molecule has 0 saturated carbocycles. The fraction of sp³-hybridized carbons (Fsp3) is 0.174. The first-order valence-electron chi connectivity index (χ1n) is 10.3. The summed E-state index contributed by atoms with van der Waals surface area (Å²) in [5.41, 5.74) is 4.76. The minimum Gasteiger partial charge on any atom is -0.459 e. The Kier molecular flexibility index (Phi) is 4.98. The van der Waals surface area contributed by atoms with E-state index in [1.165, 1.54) is 6.26 Å². The van der Waals surface area contributed by atoms with E-state index in [2.05, 4.69) is 32.7 Å². The van der Waals surface area contributed by atoms with Gasteiger partial charge in [0.25, 0.3) is 11.8 Å². The summed E-state index contributed by atoms with van der Waals surface area (Å²) in [6.07, 6.45) is 2.44. The van der Waals surface area contributed by atoms with E-state index in [9.17, 15) is 4.79 Å². The van der Waals surface area contributed by atoms with Crippen LogP contribution in [0.5, 0.6) is 0 Å². The van der Waals surface area contributed by atoms with E-state index in [4.69, 9.17) is 8.94 Å². The SMILES string of the molecule is CCCn1nnc2cc(-c3noc(-c4ccc(C)c(NC(=O)c5ccco5)c4)n3)ccc21. The first-order valence-corrected chi connectivity index (χ1v) is 10.3. The Bertz CT molecular complexity index is 1400. The second kappa shape index (κ2) is 8.10. The number of furan rings is 1. The number of nitrogens with one attached hydrogen (secondary N) is 1. The molecular weight excluding hydrogens is 408 g/mol. The van der Waals surface area contributed by atoms with E-state index in [-0.39, 0.29) is 11.7 Å². The van der Waals surface area contributed by atoms with Crippen molar-refractivity contribution in [3.8, 4) is 22.8 Å². The van der Waals surface area contributed by atoms with Gasteiger partial charge < -0.3 is 14.3 Å². The first-order chi connectivity index (χ1) is 15.6.